The normalized spacial score (nSPS) is 10.2. The van der Waals surface area contributed by atoms with Crippen LogP contribution in [-0.2, 0) is 0 Å². The maximum atomic E-state index is 12.9. The van der Waals surface area contributed by atoms with Crippen LogP contribution in [0, 0.1) is 0 Å². The highest BCUT2D eigenvalue weighted by Crippen LogP contribution is 2.21. The lowest BCUT2D eigenvalue weighted by molar-refractivity contribution is 0.0685. The van der Waals surface area contributed by atoms with E-state index < -0.39 is 23.9 Å². The third-order valence-electron chi connectivity index (χ3n) is 4.89. The van der Waals surface area contributed by atoms with E-state index in [1.165, 1.54) is 60.7 Å². The highest BCUT2D eigenvalue weighted by molar-refractivity contribution is 6.04. The molecule has 4 aromatic carbocycles. The molecule has 0 radical (unpaired) electrons. The predicted molar refractivity (Wildman–Crippen MR) is 128 cm³/mol. The van der Waals surface area contributed by atoms with E-state index >= 15 is 0 Å². The molecule has 8 nitrogen and oxygen atoms in total. The van der Waals surface area contributed by atoms with Crippen molar-refractivity contribution in [2.24, 2.45) is 0 Å². The molecule has 0 aliphatic heterocycles. The number of hydrogen-bond acceptors (Lipinski definition) is 7. The Hall–Kier alpha value is -5.24. The van der Waals surface area contributed by atoms with E-state index in [4.69, 9.17) is 19.3 Å². The summed E-state index contributed by atoms with van der Waals surface area (Å²) < 4.78 is 16.0. The Balaban J connectivity index is 1.49. The van der Waals surface area contributed by atoms with Gasteiger partial charge in [-0.25, -0.2) is 19.2 Å². The third kappa shape index (κ3) is 5.81. The first kappa shape index (κ1) is 23.9. The first-order valence-corrected chi connectivity index (χ1v) is 10.6. The summed E-state index contributed by atoms with van der Waals surface area (Å²) in [5.41, 5.74) is 0.0300. The van der Waals surface area contributed by atoms with E-state index in [-0.39, 0.29) is 33.8 Å². The van der Waals surface area contributed by atoms with Gasteiger partial charge in [-0.15, -0.1) is 0 Å². The molecule has 36 heavy (non-hydrogen) atoms. The van der Waals surface area contributed by atoms with Gasteiger partial charge in [-0.1, -0.05) is 42.5 Å². The topological polar surface area (TPSA) is 116 Å². The number of hydrogen-bond donors (Lipinski definition) is 1. The zero-order valence-electron chi connectivity index (χ0n) is 18.6. The van der Waals surface area contributed by atoms with Crippen LogP contribution in [-0.4, -0.2) is 29.0 Å². The lowest BCUT2D eigenvalue weighted by Gasteiger charge is -2.10. The smallest absolute Gasteiger partial charge is 0.344 e. The van der Waals surface area contributed by atoms with E-state index in [0.29, 0.717) is 5.75 Å². The summed E-state index contributed by atoms with van der Waals surface area (Å²) in [5.74, 6) is -3.07. The van der Waals surface area contributed by atoms with Crippen LogP contribution in [0.5, 0.6) is 17.2 Å². The number of benzene rings is 4. The number of para-hydroxylation sites is 1. The van der Waals surface area contributed by atoms with Crippen molar-refractivity contribution in [2.75, 3.05) is 0 Å². The molecule has 0 unspecified atom stereocenters. The number of carbonyl (C=O) groups is 4. The van der Waals surface area contributed by atoms with Crippen molar-refractivity contribution in [3.05, 3.63) is 125 Å². The summed E-state index contributed by atoms with van der Waals surface area (Å²) in [5, 5.41) is 9.08. The zero-order valence-corrected chi connectivity index (χ0v) is 18.6. The molecule has 8 heteroatoms. The summed E-state index contributed by atoms with van der Waals surface area (Å²) in [6, 6.07) is 25.6. The fraction of sp³-hybridized carbons (Fsp3) is 0. The zero-order chi connectivity index (χ0) is 25.5. The Kier molecular flexibility index (Phi) is 7.17. The summed E-state index contributed by atoms with van der Waals surface area (Å²) in [6.45, 7) is 0. The Morgan fingerprint density at radius 2 is 0.917 bits per heavy atom. The molecular formula is C28H18O8. The molecule has 0 saturated heterocycles. The first-order chi connectivity index (χ1) is 17.4. The van der Waals surface area contributed by atoms with Crippen molar-refractivity contribution in [1.29, 1.82) is 0 Å². The molecule has 0 amide bonds. The van der Waals surface area contributed by atoms with Gasteiger partial charge in [0.25, 0.3) is 0 Å². The van der Waals surface area contributed by atoms with Crippen molar-refractivity contribution in [3.63, 3.8) is 0 Å². The number of carbonyl (C=O) groups excluding carboxylic acids is 3. The summed E-state index contributed by atoms with van der Waals surface area (Å²) >= 11 is 0. The molecule has 0 bridgehead atoms. The van der Waals surface area contributed by atoms with Crippen LogP contribution in [0.4, 0.5) is 0 Å². The SMILES string of the molecule is O=C(O)c1cccc(OC(=O)c2cccc(OC(=O)c3ccccc3C(=O)Oc3ccccc3)c2)c1. The quantitative estimate of drug-likeness (QED) is 0.288. The first-order valence-electron chi connectivity index (χ1n) is 10.6. The average Bonchev–Trinajstić information content (AvgIpc) is 2.89. The lowest BCUT2D eigenvalue weighted by atomic mass is 10.1. The summed E-state index contributed by atoms with van der Waals surface area (Å²) in [6.07, 6.45) is 0. The van der Waals surface area contributed by atoms with Crippen molar-refractivity contribution >= 4 is 23.9 Å². The van der Waals surface area contributed by atoms with Crippen LogP contribution < -0.4 is 14.2 Å². The molecule has 4 rings (SSSR count). The van der Waals surface area contributed by atoms with Gasteiger partial charge in [0.1, 0.15) is 17.2 Å². The number of ether oxygens (including phenoxy) is 3. The number of esters is 3. The van der Waals surface area contributed by atoms with Crippen LogP contribution in [0.15, 0.2) is 103 Å². The molecule has 0 heterocycles. The van der Waals surface area contributed by atoms with Gasteiger partial charge < -0.3 is 19.3 Å². The molecular weight excluding hydrogens is 464 g/mol. The molecule has 1 N–H and O–H groups in total. The van der Waals surface area contributed by atoms with E-state index in [1.54, 1.807) is 42.5 Å². The van der Waals surface area contributed by atoms with Crippen LogP contribution in [0.1, 0.15) is 41.4 Å². The lowest BCUT2D eigenvalue weighted by Crippen LogP contribution is -2.17. The molecule has 0 atom stereocenters. The maximum Gasteiger partial charge on any atom is 0.344 e. The van der Waals surface area contributed by atoms with Crippen LogP contribution in [0.3, 0.4) is 0 Å². The van der Waals surface area contributed by atoms with E-state index in [9.17, 15) is 19.2 Å². The second kappa shape index (κ2) is 10.8. The Morgan fingerprint density at radius 3 is 1.50 bits per heavy atom. The molecule has 0 aromatic heterocycles. The molecule has 4 aromatic rings. The van der Waals surface area contributed by atoms with Crippen LogP contribution >= 0.6 is 0 Å². The van der Waals surface area contributed by atoms with Gasteiger partial charge in [-0.05, 0) is 60.7 Å². The standard InChI is InChI=1S/C28H18O8/c29-25(30)18-8-6-12-21(16-18)35-26(31)19-9-7-13-22(17-19)36-28(33)24-15-5-4-14-23(24)27(32)34-20-10-2-1-3-11-20/h1-17H,(H,29,30). The van der Waals surface area contributed by atoms with Gasteiger partial charge in [0.15, 0.2) is 0 Å². The largest absolute Gasteiger partial charge is 0.478 e. The van der Waals surface area contributed by atoms with E-state index in [2.05, 4.69) is 0 Å². The van der Waals surface area contributed by atoms with Gasteiger partial charge in [0.2, 0.25) is 0 Å². The number of rotatable bonds is 7. The average molecular weight is 482 g/mol. The second-order valence-electron chi connectivity index (χ2n) is 7.39. The fourth-order valence-electron chi connectivity index (χ4n) is 3.20. The van der Waals surface area contributed by atoms with E-state index in [0.717, 1.165) is 0 Å². The fourth-order valence-corrected chi connectivity index (χ4v) is 3.20. The maximum absolute atomic E-state index is 12.9. The Labute approximate surface area is 205 Å². The third-order valence-corrected chi connectivity index (χ3v) is 4.89. The van der Waals surface area contributed by atoms with E-state index in [1.807, 2.05) is 0 Å². The minimum absolute atomic E-state index is 0.0141. The highest BCUT2D eigenvalue weighted by Gasteiger charge is 2.21. The van der Waals surface area contributed by atoms with Gasteiger partial charge in [0, 0.05) is 0 Å². The number of aromatic carboxylic acids is 1. The van der Waals surface area contributed by atoms with Crippen molar-refractivity contribution < 1.29 is 38.5 Å². The predicted octanol–water partition coefficient (Wildman–Crippen LogP) is 5.04. The summed E-state index contributed by atoms with van der Waals surface area (Å²) in [7, 11) is 0. The number of carboxylic acids is 1. The van der Waals surface area contributed by atoms with Crippen molar-refractivity contribution in [3.8, 4) is 17.2 Å². The van der Waals surface area contributed by atoms with Crippen molar-refractivity contribution in [2.45, 2.75) is 0 Å². The van der Waals surface area contributed by atoms with Gasteiger partial charge in [0.05, 0.1) is 22.3 Å². The molecule has 0 aliphatic rings. The minimum Gasteiger partial charge on any atom is -0.478 e. The minimum atomic E-state index is -1.16. The molecule has 178 valence electrons. The van der Waals surface area contributed by atoms with Gasteiger partial charge in [-0.2, -0.15) is 0 Å². The van der Waals surface area contributed by atoms with Crippen LogP contribution in [0.2, 0.25) is 0 Å². The number of carboxylic acid groups (broad SMARTS) is 1. The van der Waals surface area contributed by atoms with Crippen LogP contribution in [0.25, 0.3) is 0 Å². The van der Waals surface area contributed by atoms with Gasteiger partial charge in [-0.3, -0.25) is 0 Å². The molecule has 0 saturated carbocycles. The summed E-state index contributed by atoms with van der Waals surface area (Å²) in [4.78, 5) is 49.2. The van der Waals surface area contributed by atoms with Crippen molar-refractivity contribution in [1.82, 2.24) is 0 Å². The Bertz CT molecular complexity index is 1440. The monoisotopic (exact) mass is 482 g/mol. The molecule has 0 fully saturated rings. The second-order valence-corrected chi connectivity index (χ2v) is 7.39. The molecule has 0 aliphatic carbocycles. The van der Waals surface area contributed by atoms with Gasteiger partial charge >= 0.3 is 23.9 Å². The highest BCUT2D eigenvalue weighted by atomic mass is 16.5. The molecule has 0 spiro atoms. The Morgan fingerprint density at radius 1 is 0.472 bits per heavy atom.